The van der Waals surface area contributed by atoms with Crippen LogP contribution in [0.1, 0.15) is 13.3 Å². The van der Waals surface area contributed by atoms with Crippen molar-refractivity contribution in [2.24, 2.45) is 0 Å². The van der Waals surface area contributed by atoms with Gasteiger partial charge in [0.2, 0.25) is 0 Å². The second-order valence-corrected chi connectivity index (χ2v) is 2.02. The van der Waals surface area contributed by atoms with Gasteiger partial charge in [0.05, 0.1) is 12.4 Å². The highest BCUT2D eigenvalue weighted by atomic mass is 16.5. The van der Waals surface area contributed by atoms with E-state index in [1.165, 1.54) is 0 Å². The van der Waals surface area contributed by atoms with Gasteiger partial charge in [-0.05, 0) is 13.0 Å². The summed E-state index contributed by atoms with van der Waals surface area (Å²) in [5.41, 5.74) is 0. The molecule has 0 aromatic rings. The SMILES string of the molecule is CC(O)C1CC=CO1. The average Bonchev–Trinajstić information content (AvgIpc) is 2.12. The third-order valence-corrected chi connectivity index (χ3v) is 1.26. The summed E-state index contributed by atoms with van der Waals surface area (Å²) in [6, 6.07) is 0. The lowest BCUT2D eigenvalue weighted by Gasteiger charge is -2.11. The number of ether oxygens (including phenoxy) is 1. The van der Waals surface area contributed by atoms with Crippen LogP contribution in [0.15, 0.2) is 12.3 Å². The lowest BCUT2D eigenvalue weighted by atomic mass is 10.2. The van der Waals surface area contributed by atoms with Crippen LogP contribution in [0.25, 0.3) is 0 Å². The summed E-state index contributed by atoms with van der Waals surface area (Å²) in [7, 11) is 0. The largest absolute Gasteiger partial charge is 0.495 e. The normalized spacial score (nSPS) is 30.0. The molecule has 0 saturated heterocycles. The van der Waals surface area contributed by atoms with Crippen LogP contribution in [0.2, 0.25) is 0 Å². The van der Waals surface area contributed by atoms with E-state index in [1.807, 2.05) is 6.08 Å². The predicted octanol–water partition coefficient (Wildman–Crippen LogP) is 0.670. The first-order valence-electron chi connectivity index (χ1n) is 2.79. The zero-order chi connectivity index (χ0) is 5.98. The maximum Gasteiger partial charge on any atom is 0.127 e. The summed E-state index contributed by atoms with van der Waals surface area (Å²) in [6.45, 7) is 1.73. The fraction of sp³-hybridized carbons (Fsp3) is 0.667. The molecule has 0 bridgehead atoms. The molecule has 0 amide bonds. The number of rotatable bonds is 1. The van der Waals surface area contributed by atoms with Crippen LogP contribution < -0.4 is 0 Å². The van der Waals surface area contributed by atoms with E-state index in [9.17, 15) is 0 Å². The molecule has 0 spiro atoms. The molecular weight excluding hydrogens is 104 g/mol. The number of hydrogen-bond donors (Lipinski definition) is 1. The van der Waals surface area contributed by atoms with Gasteiger partial charge < -0.3 is 9.84 Å². The van der Waals surface area contributed by atoms with Gasteiger partial charge in [0.1, 0.15) is 6.10 Å². The molecule has 0 fully saturated rings. The summed E-state index contributed by atoms with van der Waals surface area (Å²) >= 11 is 0. The molecule has 2 heteroatoms. The van der Waals surface area contributed by atoms with Crippen LogP contribution in [0.4, 0.5) is 0 Å². The van der Waals surface area contributed by atoms with E-state index in [0.29, 0.717) is 0 Å². The molecule has 2 unspecified atom stereocenters. The van der Waals surface area contributed by atoms with Gasteiger partial charge in [-0.3, -0.25) is 0 Å². The van der Waals surface area contributed by atoms with Crippen molar-refractivity contribution in [3.8, 4) is 0 Å². The summed E-state index contributed by atoms with van der Waals surface area (Å²) in [6.07, 6.45) is 4.06. The fourth-order valence-corrected chi connectivity index (χ4v) is 0.712. The minimum absolute atomic E-state index is 0.00926. The van der Waals surface area contributed by atoms with Gasteiger partial charge in [-0.2, -0.15) is 0 Å². The smallest absolute Gasteiger partial charge is 0.127 e. The van der Waals surface area contributed by atoms with E-state index in [2.05, 4.69) is 0 Å². The maximum absolute atomic E-state index is 8.89. The van der Waals surface area contributed by atoms with Gasteiger partial charge in [0.25, 0.3) is 0 Å². The molecule has 2 atom stereocenters. The average molecular weight is 114 g/mol. The molecule has 0 aromatic carbocycles. The number of aliphatic hydroxyl groups excluding tert-OH is 1. The van der Waals surface area contributed by atoms with Gasteiger partial charge >= 0.3 is 0 Å². The minimum atomic E-state index is -0.343. The van der Waals surface area contributed by atoms with Crippen molar-refractivity contribution >= 4 is 0 Å². The lowest BCUT2D eigenvalue weighted by Crippen LogP contribution is -2.20. The standard InChI is InChI=1S/C6H10O2/c1-5(7)6-3-2-4-8-6/h2,4-7H,3H2,1H3. The Kier molecular flexibility index (Phi) is 1.53. The Morgan fingerprint density at radius 1 is 1.88 bits per heavy atom. The first-order chi connectivity index (χ1) is 3.80. The number of aliphatic hydroxyl groups is 1. The van der Waals surface area contributed by atoms with Crippen molar-refractivity contribution in [1.82, 2.24) is 0 Å². The molecule has 1 rings (SSSR count). The second kappa shape index (κ2) is 2.18. The molecule has 8 heavy (non-hydrogen) atoms. The van der Waals surface area contributed by atoms with Crippen molar-refractivity contribution in [3.63, 3.8) is 0 Å². The summed E-state index contributed by atoms with van der Waals surface area (Å²) in [4.78, 5) is 0. The van der Waals surface area contributed by atoms with Gasteiger partial charge in [-0.1, -0.05) is 0 Å². The quantitative estimate of drug-likeness (QED) is 0.543. The Hall–Kier alpha value is -0.500. The molecule has 0 saturated carbocycles. The summed E-state index contributed by atoms with van der Waals surface area (Å²) in [5, 5.41) is 8.89. The predicted molar refractivity (Wildman–Crippen MR) is 30.3 cm³/mol. The second-order valence-electron chi connectivity index (χ2n) is 2.02. The Balaban J connectivity index is 2.29. The number of hydrogen-bond acceptors (Lipinski definition) is 2. The van der Waals surface area contributed by atoms with E-state index in [4.69, 9.17) is 9.84 Å². The molecule has 46 valence electrons. The van der Waals surface area contributed by atoms with Crippen molar-refractivity contribution in [1.29, 1.82) is 0 Å². The van der Waals surface area contributed by atoms with E-state index < -0.39 is 0 Å². The van der Waals surface area contributed by atoms with Crippen LogP contribution in [-0.4, -0.2) is 17.3 Å². The third-order valence-electron chi connectivity index (χ3n) is 1.26. The fourth-order valence-electron chi connectivity index (χ4n) is 0.712. The highest BCUT2D eigenvalue weighted by Gasteiger charge is 2.16. The lowest BCUT2D eigenvalue weighted by molar-refractivity contribution is 0.0349. The molecule has 1 heterocycles. The van der Waals surface area contributed by atoms with Crippen molar-refractivity contribution in [3.05, 3.63) is 12.3 Å². The molecule has 0 radical (unpaired) electrons. The van der Waals surface area contributed by atoms with Gasteiger partial charge in [0, 0.05) is 6.42 Å². The van der Waals surface area contributed by atoms with E-state index >= 15 is 0 Å². The molecule has 2 nitrogen and oxygen atoms in total. The Morgan fingerprint density at radius 2 is 2.62 bits per heavy atom. The zero-order valence-electron chi connectivity index (χ0n) is 4.87. The highest BCUT2D eigenvalue weighted by molar-refractivity contribution is 4.88. The van der Waals surface area contributed by atoms with Gasteiger partial charge in [-0.15, -0.1) is 0 Å². The van der Waals surface area contributed by atoms with Crippen molar-refractivity contribution in [2.75, 3.05) is 0 Å². The third kappa shape index (κ3) is 1.01. The van der Waals surface area contributed by atoms with Crippen LogP contribution in [0.5, 0.6) is 0 Å². The molecule has 0 aromatic heterocycles. The van der Waals surface area contributed by atoms with Crippen LogP contribution in [0.3, 0.4) is 0 Å². The van der Waals surface area contributed by atoms with Crippen LogP contribution >= 0.6 is 0 Å². The van der Waals surface area contributed by atoms with Crippen molar-refractivity contribution < 1.29 is 9.84 Å². The van der Waals surface area contributed by atoms with E-state index in [0.717, 1.165) is 6.42 Å². The van der Waals surface area contributed by atoms with Crippen molar-refractivity contribution in [2.45, 2.75) is 25.6 Å². The molecular formula is C6H10O2. The zero-order valence-corrected chi connectivity index (χ0v) is 4.87. The molecule has 1 N–H and O–H groups in total. The Labute approximate surface area is 48.8 Å². The topological polar surface area (TPSA) is 29.5 Å². The van der Waals surface area contributed by atoms with Gasteiger partial charge in [0.15, 0.2) is 0 Å². The van der Waals surface area contributed by atoms with E-state index in [1.54, 1.807) is 13.2 Å². The first kappa shape index (κ1) is 5.63. The summed E-state index contributed by atoms with van der Waals surface area (Å²) < 4.78 is 4.98. The Morgan fingerprint density at radius 3 is 2.88 bits per heavy atom. The van der Waals surface area contributed by atoms with E-state index in [-0.39, 0.29) is 12.2 Å². The maximum atomic E-state index is 8.89. The molecule has 1 aliphatic heterocycles. The Bertz CT molecular complexity index is 88.7. The van der Waals surface area contributed by atoms with Crippen LogP contribution in [0, 0.1) is 0 Å². The van der Waals surface area contributed by atoms with Gasteiger partial charge in [-0.25, -0.2) is 0 Å². The minimum Gasteiger partial charge on any atom is -0.495 e. The van der Waals surface area contributed by atoms with Crippen LogP contribution in [-0.2, 0) is 4.74 Å². The molecule has 0 aliphatic carbocycles. The first-order valence-corrected chi connectivity index (χ1v) is 2.79. The monoisotopic (exact) mass is 114 g/mol. The molecule has 1 aliphatic rings. The summed E-state index contributed by atoms with van der Waals surface area (Å²) in [5.74, 6) is 0. The highest BCUT2D eigenvalue weighted by Crippen LogP contribution is 2.11.